The molecule has 1 aliphatic heterocycles. The Balaban J connectivity index is 2.53. The van der Waals surface area contributed by atoms with Gasteiger partial charge in [0.2, 0.25) is 0 Å². The lowest BCUT2D eigenvalue weighted by Gasteiger charge is -2.06. The van der Waals surface area contributed by atoms with Crippen molar-refractivity contribution in [1.29, 1.82) is 0 Å². The van der Waals surface area contributed by atoms with Crippen molar-refractivity contribution in [2.75, 3.05) is 0 Å². The van der Waals surface area contributed by atoms with Gasteiger partial charge in [0.15, 0.2) is 5.78 Å². The summed E-state index contributed by atoms with van der Waals surface area (Å²) in [6, 6.07) is 3.76. The molecule has 0 saturated heterocycles. The quantitative estimate of drug-likeness (QED) is 0.636. The molecule has 0 aliphatic carbocycles. The molecule has 2 heteroatoms. The van der Waals surface area contributed by atoms with Gasteiger partial charge in [-0.1, -0.05) is 0 Å². The lowest BCUT2D eigenvalue weighted by molar-refractivity contribution is 0.101. The summed E-state index contributed by atoms with van der Waals surface area (Å²) in [5.41, 5.74) is 3.10. The molecule has 1 atom stereocenters. The number of carbonyl (C=O) groups is 1. The van der Waals surface area contributed by atoms with E-state index in [0.29, 0.717) is 0 Å². The summed E-state index contributed by atoms with van der Waals surface area (Å²) in [5.74, 6) is 1.07. The van der Waals surface area contributed by atoms with Crippen LogP contribution >= 0.6 is 0 Å². The van der Waals surface area contributed by atoms with Crippen LogP contribution in [0.1, 0.15) is 35.3 Å². The minimum atomic E-state index is 0.129. The molecule has 0 spiro atoms. The Bertz CT molecular complexity index is 394. The van der Waals surface area contributed by atoms with Gasteiger partial charge in [0.05, 0.1) is 0 Å². The highest BCUT2D eigenvalue weighted by atomic mass is 16.5. The van der Waals surface area contributed by atoms with Gasteiger partial charge in [0.1, 0.15) is 11.9 Å². The number of rotatable bonds is 1. The number of carbonyl (C=O) groups excluding carboxylic acids is 1. The van der Waals surface area contributed by atoms with Crippen molar-refractivity contribution >= 4 is 5.78 Å². The fourth-order valence-electron chi connectivity index (χ4n) is 2.02. The van der Waals surface area contributed by atoms with E-state index < -0.39 is 0 Å². The highest BCUT2D eigenvalue weighted by Gasteiger charge is 2.22. The number of benzene rings is 1. The van der Waals surface area contributed by atoms with Gasteiger partial charge in [0, 0.05) is 17.5 Å². The second-order valence-electron chi connectivity index (χ2n) is 3.90. The normalized spacial score (nSPS) is 18.9. The molecule has 0 N–H and O–H groups in total. The van der Waals surface area contributed by atoms with Crippen molar-refractivity contribution in [3.8, 4) is 5.75 Å². The molecule has 2 rings (SSSR count). The van der Waals surface area contributed by atoms with E-state index in [0.717, 1.165) is 23.3 Å². The maximum absolute atomic E-state index is 11.3. The van der Waals surface area contributed by atoms with E-state index in [1.165, 1.54) is 5.56 Å². The molecule has 1 aromatic rings. The summed E-state index contributed by atoms with van der Waals surface area (Å²) in [5, 5.41) is 0. The molecular weight excluding hydrogens is 176 g/mol. The van der Waals surface area contributed by atoms with Crippen LogP contribution in [0.5, 0.6) is 5.75 Å². The highest BCUT2D eigenvalue weighted by molar-refractivity contribution is 5.96. The van der Waals surface area contributed by atoms with Crippen molar-refractivity contribution in [3.05, 3.63) is 28.8 Å². The van der Waals surface area contributed by atoms with E-state index in [1.807, 2.05) is 26.0 Å². The summed E-state index contributed by atoms with van der Waals surface area (Å²) < 4.78 is 5.61. The summed E-state index contributed by atoms with van der Waals surface area (Å²) in [4.78, 5) is 11.3. The van der Waals surface area contributed by atoms with Crippen LogP contribution in [0.2, 0.25) is 0 Å². The van der Waals surface area contributed by atoms with Gasteiger partial charge in [-0.2, -0.15) is 0 Å². The van der Waals surface area contributed by atoms with Crippen LogP contribution < -0.4 is 4.74 Å². The molecule has 0 saturated carbocycles. The molecule has 0 aromatic heterocycles. The van der Waals surface area contributed by atoms with Crippen molar-refractivity contribution in [3.63, 3.8) is 0 Å². The topological polar surface area (TPSA) is 26.3 Å². The predicted octanol–water partition coefficient (Wildman–Crippen LogP) is 2.52. The van der Waals surface area contributed by atoms with E-state index in [1.54, 1.807) is 6.92 Å². The van der Waals surface area contributed by atoms with E-state index in [9.17, 15) is 4.79 Å². The van der Waals surface area contributed by atoms with E-state index >= 15 is 0 Å². The molecule has 0 bridgehead atoms. The van der Waals surface area contributed by atoms with E-state index in [2.05, 4.69) is 0 Å². The number of Topliss-reactive ketones (excluding diaryl/α,β-unsaturated/α-hetero) is 1. The third-order valence-electron chi connectivity index (χ3n) is 2.75. The molecule has 2 nitrogen and oxygen atoms in total. The third-order valence-corrected chi connectivity index (χ3v) is 2.75. The highest BCUT2D eigenvalue weighted by Crippen LogP contribution is 2.32. The number of ketones is 1. The first-order valence-electron chi connectivity index (χ1n) is 4.89. The van der Waals surface area contributed by atoms with Gasteiger partial charge in [-0.15, -0.1) is 0 Å². The Morgan fingerprint density at radius 3 is 2.86 bits per heavy atom. The molecule has 74 valence electrons. The van der Waals surface area contributed by atoms with Crippen molar-refractivity contribution in [2.45, 2.75) is 33.3 Å². The van der Waals surface area contributed by atoms with Crippen molar-refractivity contribution < 1.29 is 9.53 Å². The summed E-state index contributed by atoms with van der Waals surface area (Å²) in [6.07, 6.45) is 1.16. The molecule has 1 heterocycles. The first-order chi connectivity index (χ1) is 6.59. The maximum Gasteiger partial charge on any atom is 0.160 e. The van der Waals surface area contributed by atoms with Crippen LogP contribution in [0, 0.1) is 6.92 Å². The molecule has 0 amide bonds. The SMILES string of the molecule is CC(=O)c1ccc2c(c1C)CC(C)O2. The third kappa shape index (κ3) is 1.31. The predicted molar refractivity (Wildman–Crippen MR) is 55.0 cm³/mol. The maximum atomic E-state index is 11.3. The fourth-order valence-corrected chi connectivity index (χ4v) is 2.02. The Kier molecular flexibility index (Phi) is 2.06. The first kappa shape index (κ1) is 9.25. The zero-order chi connectivity index (χ0) is 10.3. The molecule has 1 unspecified atom stereocenters. The number of fused-ring (bicyclic) bond motifs is 1. The van der Waals surface area contributed by atoms with Crippen LogP contribution in [-0.2, 0) is 6.42 Å². The molecule has 0 radical (unpaired) electrons. The molecular formula is C12H14O2. The smallest absolute Gasteiger partial charge is 0.160 e. The Labute approximate surface area is 83.9 Å². The lowest BCUT2D eigenvalue weighted by Crippen LogP contribution is -2.05. The summed E-state index contributed by atoms with van der Waals surface area (Å²) in [7, 11) is 0. The fraction of sp³-hybridized carbons (Fsp3) is 0.417. The van der Waals surface area contributed by atoms with Crippen molar-refractivity contribution in [1.82, 2.24) is 0 Å². The Hall–Kier alpha value is -1.31. The number of hydrogen-bond donors (Lipinski definition) is 0. The average molecular weight is 190 g/mol. The van der Waals surface area contributed by atoms with Gasteiger partial charge < -0.3 is 4.74 Å². The van der Waals surface area contributed by atoms with Crippen LogP contribution in [0.4, 0.5) is 0 Å². The second kappa shape index (κ2) is 3.12. The monoisotopic (exact) mass is 190 g/mol. The summed E-state index contributed by atoms with van der Waals surface area (Å²) >= 11 is 0. The van der Waals surface area contributed by atoms with Gasteiger partial charge in [-0.05, 0) is 38.5 Å². The van der Waals surface area contributed by atoms with Gasteiger partial charge in [-0.25, -0.2) is 0 Å². The standard InChI is InChI=1S/C12H14O2/c1-7-6-11-8(2)10(9(3)13)4-5-12(11)14-7/h4-5,7H,6H2,1-3H3. The van der Waals surface area contributed by atoms with Gasteiger partial charge >= 0.3 is 0 Å². The van der Waals surface area contributed by atoms with Gasteiger partial charge in [-0.3, -0.25) is 4.79 Å². The molecule has 0 fully saturated rings. The first-order valence-corrected chi connectivity index (χ1v) is 4.89. The minimum absolute atomic E-state index is 0.129. The number of ether oxygens (including phenoxy) is 1. The lowest BCUT2D eigenvalue weighted by atomic mass is 9.97. The van der Waals surface area contributed by atoms with Gasteiger partial charge in [0.25, 0.3) is 0 Å². The average Bonchev–Trinajstić information content (AvgIpc) is 2.46. The van der Waals surface area contributed by atoms with Crippen LogP contribution in [0.25, 0.3) is 0 Å². The van der Waals surface area contributed by atoms with Crippen LogP contribution in [-0.4, -0.2) is 11.9 Å². The molecule has 14 heavy (non-hydrogen) atoms. The molecule has 1 aromatic carbocycles. The zero-order valence-corrected chi connectivity index (χ0v) is 8.76. The number of hydrogen-bond acceptors (Lipinski definition) is 2. The van der Waals surface area contributed by atoms with Crippen LogP contribution in [0.3, 0.4) is 0 Å². The van der Waals surface area contributed by atoms with E-state index in [-0.39, 0.29) is 11.9 Å². The largest absolute Gasteiger partial charge is 0.490 e. The second-order valence-corrected chi connectivity index (χ2v) is 3.90. The summed E-state index contributed by atoms with van der Waals surface area (Å²) in [6.45, 7) is 5.65. The Morgan fingerprint density at radius 2 is 2.21 bits per heavy atom. The van der Waals surface area contributed by atoms with E-state index in [4.69, 9.17) is 4.74 Å². The Morgan fingerprint density at radius 1 is 1.50 bits per heavy atom. The minimum Gasteiger partial charge on any atom is -0.490 e. The van der Waals surface area contributed by atoms with Crippen LogP contribution in [0.15, 0.2) is 12.1 Å². The van der Waals surface area contributed by atoms with Crippen molar-refractivity contribution in [2.24, 2.45) is 0 Å². The molecule has 1 aliphatic rings. The zero-order valence-electron chi connectivity index (χ0n) is 8.76.